The maximum Gasteiger partial charge on any atom is 0.223 e. The summed E-state index contributed by atoms with van der Waals surface area (Å²) in [4.78, 5) is 18.5. The Bertz CT molecular complexity index is 748. The number of benzene rings is 1. The van der Waals surface area contributed by atoms with Crippen LogP contribution in [-0.4, -0.2) is 42.5 Å². The van der Waals surface area contributed by atoms with Crippen molar-refractivity contribution in [2.45, 2.75) is 19.3 Å². The number of halogens is 2. The molecule has 1 aliphatic rings. The summed E-state index contributed by atoms with van der Waals surface area (Å²) in [6, 6.07) is 5.22. The van der Waals surface area contributed by atoms with Crippen molar-refractivity contribution in [1.82, 2.24) is 15.2 Å². The van der Waals surface area contributed by atoms with Gasteiger partial charge in [0, 0.05) is 36.5 Å². The summed E-state index contributed by atoms with van der Waals surface area (Å²) in [7, 11) is 1.94. The highest BCUT2D eigenvalue weighted by atomic mass is 35.5. The third-order valence-corrected chi connectivity index (χ3v) is 4.98. The zero-order valence-corrected chi connectivity index (χ0v) is 15.6. The fourth-order valence-electron chi connectivity index (χ4n) is 3.13. The number of carbonyl (C=O) groups excluding carboxylic acids is 1. The first-order chi connectivity index (χ1) is 12.1. The van der Waals surface area contributed by atoms with Crippen molar-refractivity contribution in [3.05, 3.63) is 40.3 Å². The van der Waals surface area contributed by atoms with E-state index < -0.39 is 0 Å². The van der Waals surface area contributed by atoms with E-state index in [0.29, 0.717) is 40.5 Å². The molecule has 0 aliphatic carbocycles. The third kappa shape index (κ3) is 4.54. The second-order valence-electron chi connectivity index (χ2n) is 6.29. The minimum atomic E-state index is 0.155. The van der Waals surface area contributed by atoms with Crippen LogP contribution < -0.4 is 5.32 Å². The topological polar surface area (TPSA) is 58.4 Å². The normalized spacial score (nSPS) is 17.2. The lowest BCUT2D eigenvalue weighted by molar-refractivity contribution is -0.130. The molecular weight excluding hydrogens is 361 g/mol. The van der Waals surface area contributed by atoms with E-state index in [2.05, 4.69) is 10.3 Å². The molecule has 5 nitrogen and oxygen atoms in total. The third-order valence-electron chi connectivity index (χ3n) is 4.43. The van der Waals surface area contributed by atoms with Gasteiger partial charge in [0.15, 0.2) is 11.7 Å². The van der Waals surface area contributed by atoms with Gasteiger partial charge in [0.1, 0.15) is 0 Å². The molecule has 1 amide bonds. The number of oxazole rings is 1. The van der Waals surface area contributed by atoms with Gasteiger partial charge in [-0.25, -0.2) is 4.98 Å². The van der Waals surface area contributed by atoms with Gasteiger partial charge in [-0.3, -0.25) is 4.79 Å². The van der Waals surface area contributed by atoms with Crippen LogP contribution in [0.5, 0.6) is 0 Å². The number of likely N-dealkylation sites (tertiary alicyclic amines) is 1. The highest BCUT2D eigenvalue weighted by Crippen LogP contribution is 2.31. The van der Waals surface area contributed by atoms with Gasteiger partial charge in [0.25, 0.3) is 0 Å². The molecule has 1 unspecified atom stereocenters. The number of hydrogen-bond donors (Lipinski definition) is 1. The Labute approximate surface area is 157 Å². The molecular formula is C18H21Cl2N3O2. The minimum absolute atomic E-state index is 0.155. The molecule has 0 radical (unpaired) electrons. The smallest absolute Gasteiger partial charge is 0.223 e. The summed E-state index contributed by atoms with van der Waals surface area (Å²) in [5.41, 5.74) is 0.741. The Balaban J connectivity index is 1.56. The summed E-state index contributed by atoms with van der Waals surface area (Å²) in [5, 5.41) is 4.25. The molecule has 1 fully saturated rings. The average molecular weight is 382 g/mol. The SMILES string of the molecule is CNCC1CCN(C(=O)CCc2ncc(-c3ccc(Cl)cc3Cl)o2)C1. The number of aryl methyl sites for hydroxylation is 1. The van der Waals surface area contributed by atoms with Crippen LogP contribution in [0, 0.1) is 5.92 Å². The fourth-order valence-corrected chi connectivity index (χ4v) is 3.63. The lowest BCUT2D eigenvalue weighted by atomic mass is 10.1. The standard InChI is InChI=1S/C18H21Cl2N3O2/c1-21-9-12-6-7-23(11-12)18(24)5-4-17-22-10-16(25-17)14-3-2-13(19)8-15(14)20/h2-3,8,10,12,21H,4-7,9,11H2,1H3. The zero-order chi connectivity index (χ0) is 17.8. The molecule has 3 rings (SSSR count). The van der Waals surface area contributed by atoms with Gasteiger partial charge in [0.05, 0.1) is 11.2 Å². The van der Waals surface area contributed by atoms with E-state index in [1.165, 1.54) is 0 Å². The number of rotatable bonds is 6. The van der Waals surface area contributed by atoms with Crippen molar-refractivity contribution < 1.29 is 9.21 Å². The van der Waals surface area contributed by atoms with E-state index in [1.54, 1.807) is 24.4 Å². The van der Waals surface area contributed by atoms with Crippen LogP contribution in [0.15, 0.2) is 28.8 Å². The molecule has 1 aromatic heterocycles. The molecule has 2 aromatic rings. The monoisotopic (exact) mass is 381 g/mol. The van der Waals surface area contributed by atoms with Gasteiger partial charge in [-0.2, -0.15) is 0 Å². The number of carbonyl (C=O) groups is 1. The van der Waals surface area contributed by atoms with Crippen LogP contribution in [-0.2, 0) is 11.2 Å². The Kier molecular flexibility index (Phi) is 5.99. The van der Waals surface area contributed by atoms with E-state index in [1.807, 2.05) is 11.9 Å². The summed E-state index contributed by atoms with van der Waals surface area (Å²) in [6.45, 7) is 2.62. The van der Waals surface area contributed by atoms with Crippen molar-refractivity contribution in [2.24, 2.45) is 5.92 Å². The molecule has 1 atom stereocenters. The molecule has 0 spiro atoms. The molecule has 0 saturated carbocycles. The van der Waals surface area contributed by atoms with Crippen LogP contribution in [0.3, 0.4) is 0 Å². The van der Waals surface area contributed by atoms with E-state index in [9.17, 15) is 4.79 Å². The van der Waals surface area contributed by atoms with Gasteiger partial charge in [-0.1, -0.05) is 23.2 Å². The Morgan fingerprint density at radius 2 is 2.28 bits per heavy atom. The highest BCUT2D eigenvalue weighted by Gasteiger charge is 2.25. The molecule has 1 aliphatic heterocycles. The van der Waals surface area contributed by atoms with Crippen LogP contribution in [0.2, 0.25) is 10.0 Å². The van der Waals surface area contributed by atoms with Crippen LogP contribution in [0.1, 0.15) is 18.7 Å². The van der Waals surface area contributed by atoms with Crippen molar-refractivity contribution >= 4 is 29.1 Å². The lowest BCUT2D eigenvalue weighted by Gasteiger charge is -2.16. The van der Waals surface area contributed by atoms with Gasteiger partial charge < -0.3 is 14.6 Å². The Hall–Kier alpha value is -1.56. The average Bonchev–Trinajstić information content (AvgIpc) is 3.22. The van der Waals surface area contributed by atoms with Crippen molar-refractivity contribution in [3.63, 3.8) is 0 Å². The second kappa shape index (κ2) is 8.21. The largest absolute Gasteiger partial charge is 0.441 e. The number of nitrogens with one attached hydrogen (secondary N) is 1. The van der Waals surface area contributed by atoms with Crippen molar-refractivity contribution in [2.75, 3.05) is 26.7 Å². The molecule has 1 aromatic carbocycles. The highest BCUT2D eigenvalue weighted by molar-refractivity contribution is 6.36. The van der Waals surface area contributed by atoms with E-state index in [4.69, 9.17) is 27.6 Å². The fraction of sp³-hybridized carbons (Fsp3) is 0.444. The predicted molar refractivity (Wildman–Crippen MR) is 98.9 cm³/mol. The quantitative estimate of drug-likeness (QED) is 0.829. The second-order valence-corrected chi connectivity index (χ2v) is 7.14. The number of hydrogen-bond acceptors (Lipinski definition) is 4. The minimum Gasteiger partial charge on any atom is -0.441 e. The predicted octanol–water partition coefficient (Wildman–Crippen LogP) is 3.65. The molecule has 2 heterocycles. The summed E-state index contributed by atoms with van der Waals surface area (Å²) in [6.07, 6.45) is 3.58. The molecule has 7 heteroatoms. The molecule has 1 N–H and O–H groups in total. The first kappa shape index (κ1) is 18.2. The lowest BCUT2D eigenvalue weighted by Crippen LogP contribution is -2.30. The van der Waals surface area contributed by atoms with Gasteiger partial charge in [0.2, 0.25) is 5.91 Å². The molecule has 1 saturated heterocycles. The summed E-state index contributed by atoms with van der Waals surface area (Å²) in [5.74, 6) is 1.83. The summed E-state index contributed by atoms with van der Waals surface area (Å²) >= 11 is 12.1. The number of aromatic nitrogens is 1. The maximum atomic E-state index is 12.3. The first-order valence-electron chi connectivity index (χ1n) is 8.39. The van der Waals surface area contributed by atoms with Gasteiger partial charge in [-0.05, 0) is 44.1 Å². The van der Waals surface area contributed by atoms with Gasteiger partial charge >= 0.3 is 0 Å². The van der Waals surface area contributed by atoms with Crippen LogP contribution >= 0.6 is 23.2 Å². The van der Waals surface area contributed by atoms with E-state index in [-0.39, 0.29) is 5.91 Å². The Morgan fingerprint density at radius 3 is 3.04 bits per heavy atom. The van der Waals surface area contributed by atoms with Crippen LogP contribution in [0.4, 0.5) is 0 Å². The zero-order valence-electron chi connectivity index (χ0n) is 14.1. The maximum absolute atomic E-state index is 12.3. The molecule has 25 heavy (non-hydrogen) atoms. The molecule has 0 bridgehead atoms. The van der Waals surface area contributed by atoms with Gasteiger partial charge in [-0.15, -0.1) is 0 Å². The van der Waals surface area contributed by atoms with E-state index in [0.717, 1.165) is 31.6 Å². The van der Waals surface area contributed by atoms with Crippen LogP contribution in [0.25, 0.3) is 11.3 Å². The van der Waals surface area contributed by atoms with Crippen molar-refractivity contribution in [1.29, 1.82) is 0 Å². The summed E-state index contributed by atoms with van der Waals surface area (Å²) < 4.78 is 5.74. The number of amides is 1. The Morgan fingerprint density at radius 1 is 1.44 bits per heavy atom. The van der Waals surface area contributed by atoms with E-state index >= 15 is 0 Å². The first-order valence-corrected chi connectivity index (χ1v) is 9.15. The number of nitrogens with zero attached hydrogens (tertiary/aromatic N) is 2. The van der Waals surface area contributed by atoms with Crippen molar-refractivity contribution in [3.8, 4) is 11.3 Å². The molecule has 134 valence electrons.